The third-order valence-electron chi connectivity index (χ3n) is 2.35. The molecule has 0 aliphatic heterocycles. The summed E-state index contributed by atoms with van der Waals surface area (Å²) in [6, 6.07) is 2.40. The van der Waals surface area contributed by atoms with Crippen LogP contribution >= 0.6 is 0 Å². The monoisotopic (exact) mass is 208 g/mol. The number of nitrogens with two attached hydrogens (primary N) is 1. The topological polar surface area (TPSA) is 63.8 Å². The third-order valence-corrected chi connectivity index (χ3v) is 2.35. The first-order valence-corrected chi connectivity index (χ1v) is 5.53. The summed E-state index contributed by atoms with van der Waals surface area (Å²) in [5.41, 5.74) is 6.49. The molecule has 0 bridgehead atoms. The van der Waals surface area contributed by atoms with Gasteiger partial charge in [-0.1, -0.05) is 20.3 Å². The van der Waals surface area contributed by atoms with Gasteiger partial charge in [0.25, 0.3) is 0 Å². The van der Waals surface area contributed by atoms with Crippen molar-refractivity contribution < 1.29 is 0 Å². The van der Waals surface area contributed by atoms with Gasteiger partial charge in [-0.2, -0.15) is 4.98 Å². The summed E-state index contributed by atoms with van der Waals surface area (Å²) in [6.07, 6.45) is 3.42. The zero-order chi connectivity index (χ0) is 11.3. The summed E-state index contributed by atoms with van der Waals surface area (Å²) < 4.78 is 0. The maximum atomic E-state index is 5.59. The quantitative estimate of drug-likeness (QED) is 0.779. The van der Waals surface area contributed by atoms with Crippen molar-refractivity contribution in [2.45, 2.75) is 46.1 Å². The smallest absolute Gasteiger partial charge is 0.222 e. The van der Waals surface area contributed by atoms with E-state index in [2.05, 4.69) is 29.1 Å². The molecule has 3 N–H and O–H groups in total. The van der Waals surface area contributed by atoms with Gasteiger partial charge < -0.3 is 11.1 Å². The molecule has 4 heteroatoms. The van der Waals surface area contributed by atoms with Crippen molar-refractivity contribution in [2.24, 2.45) is 0 Å². The first-order valence-electron chi connectivity index (χ1n) is 5.53. The zero-order valence-electron chi connectivity index (χ0n) is 9.75. The molecule has 0 saturated heterocycles. The van der Waals surface area contributed by atoms with Crippen molar-refractivity contribution in [3.63, 3.8) is 0 Å². The Hall–Kier alpha value is -1.32. The van der Waals surface area contributed by atoms with E-state index in [-0.39, 0.29) is 0 Å². The van der Waals surface area contributed by atoms with E-state index in [4.69, 9.17) is 5.73 Å². The van der Waals surface area contributed by atoms with Crippen LogP contribution in [0.1, 0.15) is 38.8 Å². The minimum Gasteiger partial charge on any atom is -0.368 e. The molecule has 0 fully saturated rings. The van der Waals surface area contributed by atoms with Crippen molar-refractivity contribution >= 4 is 11.8 Å². The van der Waals surface area contributed by atoms with E-state index in [1.54, 1.807) is 0 Å². The summed E-state index contributed by atoms with van der Waals surface area (Å²) in [4.78, 5) is 8.20. The molecule has 0 aliphatic rings. The third kappa shape index (κ3) is 3.73. The Bertz CT molecular complexity index is 291. The van der Waals surface area contributed by atoms with Gasteiger partial charge in [-0.25, -0.2) is 4.98 Å². The van der Waals surface area contributed by atoms with Crippen molar-refractivity contribution in [1.82, 2.24) is 9.97 Å². The van der Waals surface area contributed by atoms with Crippen molar-refractivity contribution in [3.05, 3.63) is 11.8 Å². The Morgan fingerprint density at radius 3 is 2.67 bits per heavy atom. The van der Waals surface area contributed by atoms with Gasteiger partial charge >= 0.3 is 0 Å². The second kappa shape index (κ2) is 5.53. The molecule has 1 aromatic heterocycles. The number of anilines is 2. The summed E-state index contributed by atoms with van der Waals surface area (Å²) in [7, 11) is 0. The van der Waals surface area contributed by atoms with Crippen LogP contribution in [0, 0.1) is 6.92 Å². The highest BCUT2D eigenvalue weighted by molar-refractivity contribution is 5.40. The summed E-state index contributed by atoms with van der Waals surface area (Å²) >= 11 is 0. The van der Waals surface area contributed by atoms with Crippen LogP contribution in [0.2, 0.25) is 0 Å². The van der Waals surface area contributed by atoms with E-state index < -0.39 is 0 Å². The molecule has 0 saturated carbocycles. The highest BCUT2D eigenvalue weighted by Crippen LogP contribution is 2.12. The van der Waals surface area contributed by atoms with Gasteiger partial charge in [0.15, 0.2) is 0 Å². The molecule has 84 valence electrons. The first-order chi connectivity index (χ1) is 7.15. The maximum absolute atomic E-state index is 5.59. The molecule has 1 aromatic rings. The molecule has 0 spiro atoms. The fourth-order valence-corrected chi connectivity index (χ4v) is 1.60. The van der Waals surface area contributed by atoms with E-state index >= 15 is 0 Å². The van der Waals surface area contributed by atoms with Gasteiger partial charge in [0.2, 0.25) is 5.95 Å². The molecular weight excluding hydrogens is 188 g/mol. The SMILES string of the molecule is CCCC(CC)Nc1cc(C)nc(N)n1. The number of hydrogen-bond donors (Lipinski definition) is 2. The minimum absolute atomic E-state index is 0.337. The fraction of sp³-hybridized carbons (Fsp3) is 0.636. The molecule has 0 aliphatic carbocycles. The zero-order valence-corrected chi connectivity index (χ0v) is 9.75. The molecule has 1 heterocycles. The second-order valence-electron chi connectivity index (χ2n) is 3.79. The van der Waals surface area contributed by atoms with E-state index in [1.165, 1.54) is 6.42 Å². The largest absolute Gasteiger partial charge is 0.368 e. The van der Waals surface area contributed by atoms with Crippen LogP contribution in [0.15, 0.2) is 6.07 Å². The summed E-state index contributed by atoms with van der Waals surface area (Å²) in [5.74, 6) is 1.17. The number of nitrogens with one attached hydrogen (secondary N) is 1. The van der Waals surface area contributed by atoms with Gasteiger partial charge in [-0.05, 0) is 19.8 Å². The lowest BCUT2D eigenvalue weighted by Gasteiger charge is -2.16. The highest BCUT2D eigenvalue weighted by atomic mass is 15.1. The van der Waals surface area contributed by atoms with Crippen LogP contribution in [0.3, 0.4) is 0 Å². The van der Waals surface area contributed by atoms with Crippen LogP contribution in [0.25, 0.3) is 0 Å². The lowest BCUT2D eigenvalue weighted by atomic mass is 10.1. The van der Waals surface area contributed by atoms with E-state index in [9.17, 15) is 0 Å². The molecule has 1 unspecified atom stereocenters. The predicted octanol–water partition coefficient (Wildman–Crippen LogP) is 2.36. The number of aromatic nitrogens is 2. The van der Waals surface area contributed by atoms with Crippen molar-refractivity contribution in [2.75, 3.05) is 11.1 Å². The number of nitrogen functional groups attached to an aromatic ring is 1. The molecule has 1 rings (SSSR count). The number of hydrogen-bond acceptors (Lipinski definition) is 4. The van der Waals surface area contributed by atoms with Crippen molar-refractivity contribution in [1.29, 1.82) is 0 Å². The average molecular weight is 208 g/mol. The highest BCUT2D eigenvalue weighted by Gasteiger charge is 2.06. The van der Waals surface area contributed by atoms with E-state index in [0.29, 0.717) is 12.0 Å². The van der Waals surface area contributed by atoms with E-state index in [0.717, 1.165) is 24.4 Å². The van der Waals surface area contributed by atoms with Gasteiger partial charge in [0.05, 0.1) is 0 Å². The van der Waals surface area contributed by atoms with Gasteiger partial charge in [0.1, 0.15) is 5.82 Å². The van der Waals surface area contributed by atoms with Crippen molar-refractivity contribution in [3.8, 4) is 0 Å². The Balaban J connectivity index is 2.69. The lowest BCUT2D eigenvalue weighted by molar-refractivity contribution is 0.620. The molecule has 0 aromatic carbocycles. The van der Waals surface area contributed by atoms with Crippen LogP contribution in [-0.4, -0.2) is 16.0 Å². The molecule has 4 nitrogen and oxygen atoms in total. The average Bonchev–Trinajstić information content (AvgIpc) is 2.15. The first kappa shape index (κ1) is 11.8. The number of rotatable bonds is 5. The summed E-state index contributed by atoms with van der Waals surface area (Å²) in [6.45, 7) is 6.28. The normalized spacial score (nSPS) is 12.5. The summed E-state index contributed by atoms with van der Waals surface area (Å²) in [5, 5.41) is 3.38. The predicted molar refractivity (Wildman–Crippen MR) is 63.8 cm³/mol. The van der Waals surface area contributed by atoms with E-state index in [1.807, 2.05) is 13.0 Å². The molecule has 0 radical (unpaired) electrons. The Labute approximate surface area is 91.3 Å². The second-order valence-corrected chi connectivity index (χ2v) is 3.79. The van der Waals surface area contributed by atoms with Gasteiger partial charge in [-0.15, -0.1) is 0 Å². The Morgan fingerprint density at radius 1 is 1.40 bits per heavy atom. The molecular formula is C11H20N4. The Morgan fingerprint density at radius 2 is 2.13 bits per heavy atom. The minimum atomic E-state index is 0.337. The van der Waals surface area contributed by atoms with Crippen LogP contribution in [0.5, 0.6) is 0 Å². The number of nitrogens with zero attached hydrogens (tertiary/aromatic N) is 2. The Kier molecular flexibility index (Phi) is 4.34. The molecule has 15 heavy (non-hydrogen) atoms. The maximum Gasteiger partial charge on any atom is 0.222 e. The van der Waals surface area contributed by atoms with Gasteiger partial charge in [-0.3, -0.25) is 0 Å². The lowest BCUT2D eigenvalue weighted by Crippen LogP contribution is -2.19. The van der Waals surface area contributed by atoms with Gasteiger partial charge in [0, 0.05) is 17.8 Å². The fourth-order valence-electron chi connectivity index (χ4n) is 1.60. The molecule has 1 atom stereocenters. The van der Waals surface area contributed by atoms with Crippen LogP contribution < -0.4 is 11.1 Å². The molecule has 0 amide bonds. The van der Waals surface area contributed by atoms with Crippen LogP contribution in [0.4, 0.5) is 11.8 Å². The van der Waals surface area contributed by atoms with Crippen LogP contribution in [-0.2, 0) is 0 Å². The number of aryl methyl sites for hydroxylation is 1. The standard InChI is InChI=1S/C11H20N4/c1-4-6-9(5-2)14-10-7-8(3)13-11(12)15-10/h7,9H,4-6H2,1-3H3,(H3,12,13,14,15).